The van der Waals surface area contributed by atoms with Crippen molar-refractivity contribution in [3.8, 4) is 0 Å². The zero-order valence-corrected chi connectivity index (χ0v) is 8.83. The van der Waals surface area contributed by atoms with Crippen LogP contribution in [0.2, 0.25) is 0 Å². The molecule has 1 aromatic carbocycles. The van der Waals surface area contributed by atoms with E-state index in [1.165, 1.54) is 22.4 Å². The van der Waals surface area contributed by atoms with Crippen molar-refractivity contribution in [3.05, 3.63) is 28.8 Å². The van der Waals surface area contributed by atoms with E-state index in [0.29, 0.717) is 6.67 Å². The molecular weight excluding hydrogens is 174 g/mol. The lowest BCUT2D eigenvalue weighted by atomic mass is 10.1. The predicted molar refractivity (Wildman–Crippen MR) is 59.6 cm³/mol. The third-order valence-electron chi connectivity index (χ3n) is 2.43. The summed E-state index contributed by atoms with van der Waals surface area (Å²) in [4.78, 5) is 4.14. The molecule has 0 amide bonds. The van der Waals surface area contributed by atoms with Crippen molar-refractivity contribution in [3.63, 3.8) is 0 Å². The summed E-state index contributed by atoms with van der Waals surface area (Å²) in [5.74, 6) is 0. The van der Waals surface area contributed by atoms with Crippen LogP contribution in [0.1, 0.15) is 16.7 Å². The summed E-state index contributed by atoms with van der Waals surface area (Å²) in [6.45, 7) is 7.09. The van der Waals surface area contributed by atoms with Crippen molar-refractivity contribution in [1.29, 1.82) is 0 Å². The number of nitrogens with one attached hydrogen (secondary N) is 1. The fraction of sp³-hybridized carbons (Fsp3) is 0.364. The Morgan fingerprint density at radius 1 is 1.21 bits per heavy atom. The van der Waals surface area contributed by atoms with Crippen LogP contribution in [0.4, 0.5) is 5.69 Å². The van der Waals surface area contributed by atoms with E-state index in [4.69, 9.17) is 0 Å². The standard InChI is InChI=1S/C11H15N3/c1-8-4-9(2)11(10(3)5-8)14-7-12-6-13-14/h4-6H,7H2,1-3H3,(H,12,13). The number of aryl methyl sites for hydroxylation is 3. The lowest BCUT2D eigenvalue weighted by Gasteiger charge is -2.22. The average Bonchev–Trinajstić information content (AvgIpc) is 2.54. The molecule has 1 N–H and O–H groups in total. The lowest BCUT2D eigenvalue weighted by Crippen LogP contribution is -2.32. The van der Waals surface area contributed by atoms with Crippen LogP contribution >= 0.6 is 0 Å². The zero-order chi connectivity index (χ0) is 10.1. The van der Waals surface area contributed by atoms with E-state index in [0.717, 1.165) is 0 Å². The maximum absolute atomic E-state index is 4.14. The van der Waals surface area contributed by atoms with E-state index in [1.807, 2.05) is 0 Å². The summed E-state index contributed by atoms with van der Waals surface area (Å²) >= 11 is 0. The third-order valence-corrected chi connectivity index (χ3v) is 2.43. The first-order chi connectivity index (χ1) is 6.68. The maximum Gasteiger partial charge on any atom is 0.131 e. The Hall–Kier alpha value is -1.51. The van der Waals surface area contributed by atoms with Gasteiger partial charge >= 0.3 is 0 Å². The van der Waals surface area contributed by atoms with Crippen molar-refractivity contribution in [1.82, 2.24) is 5.43 Å². The van der Waals surface area contributed by atoms with Crippen molar-refractivity contribution in [2.45, 2.75) is 20.8 Å². The van der Waals surface area contributed by atoms with Gasteiger partial charge in [-0.2, -0.15) is 0 Å². The summed E-state index contributed by atoms with van der Waals surface area (Å²) in [7, 11) is 0. The number of hydrazine groups is 1. The molecule has 1 aromatic rings. The van der Waals surface area contributed by atoms with Gasteiger partial charge in [-0.1, -0.05) is 17.7 Å². The number of hydrogen-bond acceptors (Lipinski definition) is 3. The van der Waals surface area contributed by atoms with Crippen LogP contribution in [0.25, 0.3) is 0 Å². The SMILES string of the molecule is Cc1cc(C)c(N2CN=CN2)c(C)c1. The number of hydrogen-bond donors (Lipinski definition) is 1. The van der Waals surface area contributed by atoms with Gasteiger partial charge in [0.25, 0.3) is 0 Å². The van der Waals surface area contributed by atoms with Crippen molar-refractivity contribution in [2.24, 2.45) is 4.99 Å². The fourth-order valence-corrected chi connectivity index (χ4v) is 2.01. The minimum Gasteiger partial charge on any atom is -0.286 e. The number of nitrogens with zero attached hydrogens (tertiary/aromatic N) is 2. The highest BCUT2D eigenvalue weighted by Gasteiger charge is 2.13. The Morgan fingerprint density at radius 2 is 1.86 bits per heavy atom. The van der Waals surface area contributed by atoms with Crippen LogP contribution in [0.5, 0.6) is 0 Å². The van der Waals surface area contributed by atoms with Crippen LogP contribution in [0.3, 0.4) is 0 Å². The van der Waals surface area contributed by atoms with E-state index in [-0.39, 0.29) is 0 Å². The van der Waals surface area contributed by atoms with Crippen LogP contribution in [0, 0.1) is 20.8 Å². The molecule has 0 saturated carbocycles. The molecule has 0 radical (unpaired) electrons. The maximum atomic E-state index is 4.14. The number of benzene rings is 1. The molecule has 0 bridgehead atoms. The highest BCUT2D eigenvalue weighted by molar-refractivity contribution is 5.67. The zero-order valence-electron chi connectivity index (χ0n) is 8.83. The Morgan fingerprint density at radius 3 is 2.36 bits per heavy atom. The molecule has 0 atom stereocenters. The molecule has 0 spiro atoms. The largest absolute Gasteiger partial charge is 0.286 e. The second kappa shape index (κ2) is 3.33. The van der Waals surface area contributed by atoms with Gasteiger partial charge in [-0.3, -0.25) is 15.4 Å². The Kier molecular flexibility index (Phi) is 2.15. The molecule has 1 aliphatic heterocycles. The van der Waals surface area contributed by atoms with Gasteiger partial charge in [-0.15, -0.1) is 0 Å². The number of rotatable bonds is 1. The summed E-state index contributed by atoms with van der Waals surface area (Å²) < 4.78 is 0. The van der Waals surface area contributed by atoms with E-state index in [1.54, 1.807) is 6.34 Å². The summed E-state index contributed by atoms with van der Waals surface area (Å²) in [5, 5.41) is 2.06. The van der Waals surface area contributed by atoms with Crippen LogP contribution in [-0.4, -0.2) is 13.0 Å². The van der Waals surface area contributed by atoms with E-state index < -0.39 is 0 Å². The first kappa shape index (κ1) is 9.06. The first-order valence-electron chi connectivity index (χ1n) is 4.78. The molecule has 1 aliphatic rings. The number of anilines is 1. The molecule has 14 heavy (non-hydrogen) atoms. The van der Waals surface area contributed by atoms with Crippen LogP contribution in [-0.2, 0) is 0 Å². The minimum atomic E-state index is 0.699. The van der Waals surface area contributed by atoms with Gasteiger partial charge in [0.05, 0.1) is 5.69 Å². The monoisotopic (exact) mass is 189 g/mol. The fourth-order valence-electron chi connectivity index (χ4n) is 2.01. The smallest absolute Gasteiger partial charge is 0.131 e. The van der Waals surface area contributed by atoms with Crippen LogP contribution < -0.4 is 10.4 Å². The highest BCUT2D eigenvalue weighted by atomic mass is 15.6. The summed E-state index contributed by atoms with van der Waals surface area (Å²) in [6, 6.07) is 4.39. The molecular formula is C11H15N3. The Balaban J connectivity index is 2.41. The number of aliphatic imine (C=N–C) groups is 1. The van der Waals surface area contributed by atoms with E-state index >= 15 is 0 Å². The van der Waals surface area contributed by atoms with Crippen molar-refractivity contribution < 1.29 is 0 Å². The Labute approximate surface area is 84.4 Å². The molecule has 3 nitrogen and oxygen atoms in total. The van der Waals surface area contributed by atoms with Crippen molar-refractivity contribution >= 4 is 12.0 Å². The van der Waals surface area contributed by atoms with Gasteiger partial charge in [0.2, 0.25) is 0 Å². The normalized spacial score (nSPS) is 14.6. The molecule has 74 valence electrons. The van der Waals surface area contributed by atoms with Gasteiger partial charge in [0.15, 0.2) is 0 Å². The molecule has 0 unspecified atom stereocenters. The summed E-state index contributed by atoms with van der Waals surface area (Å²) in [6.07, 6.45) is 1.73. The molecule has 2 rings (SSSR count). The first-order valence-corrected chi connectivity index (χ1v) is 4.78. The van der Waals surface area contributed by atoms with E-state index in [2.05, 4.69) is 48.3 Å². The molecule has 0 saturated heterocycles. The second-order valence-corrected chi connectivity index (χ2v) is 3.76. The van der Waals surface area contributed by atoms with Crippen molar-refractivity contribution in [2.75, 3.05) is 11.7 Å². The molecule has 0 aliphatic carbocycles. The van der Waals surface area contributed by atoms with Gasteiger partial charge in [-0.05, 0) is 31.9 Å². The predicted octanol–water partition coefficient (Wildman–Crippen LogP) is 1.92. The minimum absolute atomic E-state index is 0.699. The van der Waals surface area contributed by atoms with E-state index in [9.17, 15) is 0 Å². The molecule has 3 heteroatoms. The lowest BCUT2D eigenvalue weighted by molar-refractivity contribution is 0.835. The molecule has 0 fully saturated rings. The van der Waals surface area contributed by atoms with Gasteiger partial charge in [0.1, 0.15) is 13.0 Å². The van der Waals surface area contributed by atoms with Gasteiger partial charge < -0.3 is 0 Å². The van der Waals surface area contributed by atoms with Crippen LogP contribution in [0.15, 0.2) is 17.1 Å². The quantitative estimate of drug-likeness (QED) is 0.731. The Bertz CT molecular complexity index is 351. The molecule has 1 heterocycles. The third kappa shape index (κ3) is 1.45. The summed E-state index contributed by atoms with van der Waals surface area (Å²) in [5.41, 5.74) is 8.25. The second-order valence-electron chi connectivity index (χ2n) is 3.76. The highest BCUT2D eigenvalue weighted by Crippen LogP contribution is 2.25. The van der Waals surface area contributed by atoms with Gasteiger partial charge in [0, 0.05) is 0 Å². The molecule has 0 aromatic heterocycles. The topological polar surface area (TPSA) is 27.6 Å². The average molecular weight is 189 g/mol. The van der Waals surface area contributed by atoms with Gasteiger partial charge in [-0.25, -0.2) is 0 Å².